The number of ether oxygens (including phenoxy) is 4. The largest absolute Gasteiger partial charge is 0.497 e. The van der Waals surface area contributed by atoms with E-state index < -0.39 is 11.6 Å². The molecule has 0 spiro atoms. The van der Waals surface area contributed by atoms with Crippen LogP contribution in [0.25, 0.3) is 6.08 Å². The Morgan fingerprint density at radius 1 is 0.935 bits per heavy atom. The Morgan fingerprint density at radius 2 is 1.65 bits per heavy atom. The van der Waals surface area contributed by atoms with Crippen molar-refractivity contribution in [1.29, 1.82) is 0 Å². The highest BCUT2D eigenvalue weighted by molar-refractivity contribution is 6.01. The number of nitrogens with zero attached hydrogens (tertiary/aromatic N) is 1. The first kappa shape index (κ1) is 32.3. The van der Waals surface area contributed by atoms with Gasteiger partial charge in [-0.25, -0.2) is 4.99 Å². The molecule has 0 fully saturated rings. The summed E-state index contributed by atoms with van der Waals surface area (Å²) < 4.78 is 23.3. The number of amides is 1. The van der Waals surface area contributed by atoms with Gasteiger partial charge >= 0.3 is 0 Å². The first-order valence-electron chi connectivity index (χ1n) is 15.4. The van der Waals surface area contributed by atoms with Gasteiger partial charge in [0.25, 0.3) is 5.91 Å². The summed E-state index contributed by atoms with van der Waals surface area (Å²) in [5.74, 6) is 2.27. The maximum absolute atomic E-state index is 14.4. The number of aliphatic hydroxyl groups excluding tert-OH is 1. The lowest BCUT2D eigenvalue weighted by Crippen LogP contribution is -2.48. The number of carbonyl (C=O) groups excluding carboxylic acids is 1. The number of benzene rings is 4. The summed E-state index contributed by atoms with van der Waals surface area (Å²) in [6.45, 7) is 0.848. The number of methoxy groups -OCH3 is 2. The number of aliphatic imine (C=N–C) groups is 1. The third kappa shape index (κ3) is 7.76. The second-order valence-electron chi connectivity index (χ2n) is 10.9. The zero-order valence-corrected chi connectivity index (χ0v) is 26.2. The van der Waals surface area contributed by atoms with Gasteiger partial charge in [0, 0.05) is 31.6 Å². The maximum atomic E-state index is 14.4. The van der Waals surface area contributed by atoms with E-state index >= 15 is 0 Å². The SMILES string of the molecule is COc1ccc(OC)c(CCNC(=O)[C@]2(C/C=C/c3ccccc3)N=C(c3ccc(OCCCO)cc3)O[C@@H]2c2ccccc2)c1. The van der Waals surface area contributed by atoms with Crippen molar-refractivity contribution in [2.24, 2.45) is 4.99 Å². The van der Waals surface area contributed by atoms with Crippen molar-refractivity contribution in [3.8, 4) is 17.2 Å². The second kappa shape index (κ2) is 15.8. The van der Waals surface area contributed by atoms with Crippen molar-refractivity contribution >= 4 is 17.9 Å². The summed E-state index contributed by atoms with van der Waals surface area (Å²) in [7, 11) is 3.25. The van der Waals surface area contributed by atoms with Crippen LogP contribution in [0.1, 0.15) is 41.2 Å². The minimum Gasteiger partial charge on any atom is -0.497 e. The number of hydrogen-bond acceptors (Lipinski definition) is 7. The zero-order valence-electron chi connectivity index (χ0n) is 26.2. The van der Waals surface area contributed by atoms with Gasteiger partial charge in [-0.15, -0.1) is 0 Å². The average Bonchev–Trinajstić information content (AvgIpc) is 3.50. The van der Waals surface area contributed by atoms with E-state index in [9.17, 15) is 4.79 Å². The van der Waals surface area contributed by atoms with Crippen LogP contribution < -0.4 is 19.5 Å². The standard InChI is InChI=1S/C38H40N2O6/c1-43-33-20-21-34(44-2)31(27-33)22-24-39-37(42)38(23-9-13-28-11-5-3-6-12-28)35(29-14-7-4-8-15-29)46-36(40-38)30-16-18-32(19-17-30)45-26-10-25-41/h3-9,11-21,27,35,41H,10,22-26H2,1-2H3,(H,39,42)/b13-9+/t35-,38-/m1/s1. The predicted molar refractivity (Wildman–Crippen MR) is 180 cm³/mol. The molecule has 1 aliphatic rings. The fourth-order valence-corrected chi connectivity index (χ4v) is 5.42. The van der Waals surface area contributed by atoms with E-state index in [1.54, 1.807) is 14.2 Å². The second-order valence-corrected chi connectivity index (χ2v) is 10.9. The molecule has 2 atom stereocenters. The highest BCUT2D eigenvalue weighted by Gasteiger charge is 2.52. The van der Waals surface area contributed by atoms with Crippen LogP contribution in [0.15, 0.2) is 114 Å². The molecule has 1 aliphatic heterocycles. The summed E-state index contributed by atoms with van der Waals surface area (Å²) in [6, 6.07) is 32.8. The molecule has 0 aromatic heterocycles. The van der Waals surface area contributed by atoms with Crippen molar-refractivity contribution in [2.75, 3.05) is 34.0 Å². The summed E-state index contributed by atoms with van der Waals surface area (Å²) in [4.78, 5) is 19.5. The van der Waals surface area contributed by atoms with Gasteiger partial charge in [-0.2, -0.15) is 0 Å². The Kier molecular flexibility index (Phi) is 11.1. The lowest BCUT2D eigenvalue weighted by molar-refractivity contribution is -0.128. The van der Waals surface area contributed by atoms with Crippen molar-refractivity contribution in [3.05, 3.63) is 131 Å². The molecular weight excluding hydrogens is 580 g/mol. The van der Waals surface area contributed by atoms with Gasteiger partial charge < -0.3 is 29.4 Å². The molecule has 4 aromatic carbocycles. The Hall–Kier alpha value is -5.08. The number of nitrogens with one attached hydrogen (secondary N) is 1. The smallest absolute Gasteiger partial charge is 0.252 e. The average molecular weight is 621 g/mol. The maximum Gasteiger partial charge on any atom is 0.252 e. The predicted octanol–water partition coefficient (Wildman–Crippen LogP) is 6.18. The summed E-state index contributed by atoms with van der Waals surface area (Å²) in [6.07, 6.45) is 4.72. The van der Waals surface area contributed by atoms with Gasteiger partial charge in [-0.05, 0) is 65.6 Å². The highest BCUT2D eigenvalue weighted by atomic mass is 16.5. The Balaban J connectivity index is 1.47. The molecule has 0 unspecified atom stereocenters. The van der Waals surface area contributed by atoms with E-state index in [0.29, 0.717) is 44.1 Å². The van der Waals surface area contributed by atoms with Crippen LogP contribution in [0.3, 0.4) is 0 Å². The molecule has 8 heteroatoms. The summed E-state index contributed by atoms with van der Waals surface area (Å²) in [5, 5.41) is 12.2. The molecule has 8 nitrogen and oxygen atoms in total. The number of rotatable bonds is 15. The number of aliphatic hydroxyl groups is 1. The van der Waals surface area contributed by atoms with E-state index in [1.165, 1.54) is 0 Å². The van der Waals surface area contributed by atoms with Gasteiger partial charge in [-0.1, -0.05) is 72.8 Å². The summed E-state index contributed by atoms with van der Waals surface area (Å²) >= 11 is 0. The normalized spacial score (nSPS) is 17.3. The Labute approximate surface area is 270 Å². The van der Waals surface area contributed by atoms with E-state index in [-0.39, 0.29) is 12.5 Å². The first-order chi connectivity index (χ1) is 22.6. The van der Waals surface area contributed by atoms with Gasteiger partial charge in [-0.3, -0.25) is 4.79 Å². The van der Waals surface area contributed by atoms with Crippen molar-refractivity contribution in [1.82, 2.24) is 5.32 Å². The van der Waals surface area contributed by atoms with Crippen LogP contribution in [0.5, 0.6) is 17.2 Å². The van der Waals surface area contributed by atoms with E-state index in [1.807, 2.05) is 115 Å². The summed E-state index contributed by atoms with van der Waals surface area (Å²) in [5.41, 5.74) is 2.25. The fourth-order valence-electron chi connectivity index (χ4n) is 5.42. The minimum absolute atomic E-state index is 0.0690. The molecule has 0 saturated heterocycles. The molecular formula is C38H40N2O6. The third-order valence-electron chi connectivity index (χ3n) is 7.84. The van der Waals surface area contributed by atoms with Gasteiger partial charge in [0.15, 0.2) is 11.6 Å². The highest BCUT2D eigenvalue weighted by Crippen LogP contribution is 2.43. The molecule has 2 N–H and O–H groups in total. The van der Waals surface area contributed by atoms with Crippen LogP contribution in [0.4, 0.5) is 0 Å². The van der Waals surface area contributed by atoms with Gasteiger partial charge in [0.05, 0.1) is 20.8 Å². The molecule has 1 amide bonds. The quantitative estimate of drug-likeness (QED) is 0.154. The van der Waals surface area contributed by atoms with E-state index in [2.05, 4.69) is 5.32 Å². The van der Waals surface area contributed by atoms with Crippen LogP contribution in [-0.2, 0) is 16.0 Å². The Morgan fingerprint density at radius 3 is 2.35 bits per heavy atom. The van der Waals surface area contributed by atoms with Gasteiger partial charge in [0.1, 0.15) is 17.2 Å². The van der Waals surface area contributed by atoms with Crippen LogP contribution in [0, 0.1) is 0 Å². The minimum atomic E-state index is -1.28. The molecule has 238 valence electrons. The lowest BCUT2D eigenvalue weighted by Gasteiger charge is -2.30. The van der Waals surface area contributed by atoms with E-state index in [0.717, 1.165) is 33.8 Å². The monoisotopic (exact) mass is 620 g/mol. The van der Waals surface area contributed by atoms with Crippen LogP contribution >= 0.6 is 0 Å². The molecule has 1 heterocycles. The van der Waals surface area contributed by atoms with Crippen LogP contribution in [0.2, 0.25) is 0 Å². The molecule has 0 bridgehead atoms. The Bertz CT molecular complexity index is 1620. The zero-order chi connectivity index (χ0) is 32.2. The molecule has 0 saturated carbocycles. The third-order valence-corrected chi connectivity index (χ3v) is 7.84. The number of carbonyl (C=O) groups is 1. The lowest BCUT2D eigenvalue weighted by atomic mass is 9.84. The number of hydrogen-bond donors (Lipinski definition) is 2. The topological polar surface area (TPSA) is 98.6 Å². The van der Waals surface area contributed by atoms with E-state index in [4.69, 9.17) is 29.0 Å². The van der Waals surface area contributed by atoms with Crippen molar-refractivity contribution in [2.45, 2.75) is 30.9 Å². The van der Waals surface area contributed by atoms with Crippen molar-refractivity contribution < 1.29 is 28.8 Å². The molecule has 5 rings (SSSR count). The molecule has 46 heavy (non-hydrogen) atoms. The molecule has 0 radical (unpaired) electrons. The fraction of sp³-hybridized carbons (Fsp3) is 0.263. The first-order valence-corrected chi connectivity index (χ1v) is 15.4. The van der Waals surface area contributed by atoms with Crippen molar-refractivity contribution in [3.63, 3.8) is 0 Å². The molecule has 0 aliphatic carbocycles. The van der Waals surface area contributed by atoms with Gasteiger partial charge in [0.2, 0.25) is 5.90 Å². The van der Waals surface area contributed by atoms with Crippen LogP contribution in [-0.4, -0.2) is 56.4 Å². The molecule has 4 aromatic rings.